The van der Waals surface area contributed by atoms with Crippen LogP contribution in [0.2, 0.25) is 0 Å². The van der Waals surface area contributed by atoms with Crippen LogP contribution in [0.15, 0.2) is 36.5 Å². The summed E-state index contributed by atoms with van der Waals surface area (Å²) < 4.78 is 51.3. The first-order chi connectivity index (χ1) is 8.97. The Balaban J connectivity index is 1.90. The minimum Gasteiger partial charge on any atom is -0.381 e. The molecule has 2 aromatic rings. The Bertz CT molecular complexity index is 548. The third kappa shape index (κ3) is 3.46. The van der Waals surface area contributed by atoms with Crippen LogP contribution >= 0.6 is 0 Å². The molecule has 0 bridgehead atoms. The molecule has 0 radical (unpaired) electrons. The van der Waals surface area contributed by atoms with Gasteiger partial charge >= 0.3 is 6.18 Å². The van der Waals surface area contributed by atoms with E-state index in [0.29, 0.717) is 5.69 Å². The molecule has 1 aromatic carbocycles. The molecule has 0 spiro atoms. The van der Waals surface area contributed by atoms with E-state index >= 15 is 0 Å². The van der Waals surface area contributed by atoms with Crippen molar-refractivity contribution in [3.05, 3.63) is 48.0 Å². The Labute approximate surface area is 106 Å². The fraction of sp³-hybridized carbons (Fsp3) is 0.250. The number of para-hydroxylation sites is 1. The maximum absolute atomic E-state index is 13.2. The minimum absolute atomic E-state index is 0.213. The predicted octanol–water partition coefficient (Wildman–Crippen LogP) is 3.15. The van der Waals surface area contributed by atoms with Crippen LogP contribution in [0.25, 0.3) is 0 Å². The molecule has 3 nitrogen and oxygen atoms in total. The van der Waals surface area contributed by atoms with E-state index in [1.165, 1.54) is 12.3 Å². The van der Waals surface area contributed by atoms with E-state index in [2.05, 4.69) is 10.4 Å². The molecule has 2 rings (SSSR count). The summed E-state index contributed by atoms with van der Waals surface area (Å²) in [6, 6.07) is 6.99. The molecule has 19 heavy (non-hydrogen) atoms. The SMILES string of the molecule is Fc1ccccc1NCCn1ccc(C(F)(F)F)n1. The third-order valence-corrected chi connectivity index (χ3v) is 2.46. The molecule has 0 amide bonds. The van der Waals surface area contributed by atoms with Crippen molar-refractivity contribution < 1.29 is 17.6 Å². The van der Waals surface area contributed by atoms with Gasteiger partial charge in [0.25, 0.3) is 0 Å². The highest BCUT2D eigenvalue weighted by Gasteiger charge is 2.33. The molecule has 0 saturated carbocycles. The summed E-state index contributed by atoms with van der Waals surface area (Å²) in [5.74, 6) is -0.404. The number of hydrogen-bond donors (Lipinski definition) is 1. The summed E-state index contributed by atoms with van der Waals surface area (Å²) in [5.41, 5.74) is -0.621. The molecule has 0 aliphatic heterocycles. The summed E-state index contributed by atoms with van der Waals surface area (Å²) in [6.07, 6.45) is -3.20. The van der Waals surface area contributed by atoms with Crippen LogP contribution in [-0.4, -0.2) is 16.3 Å². The van der Waals surface area contributed by atoms with E-state index in [0.717, 1.165) is 10.7 Å². The van der Waals surface area contributed by atoms with Crippen molar-refractivity contribution >= 4 is 5.69 Å². The van der Waals surface area contributed by atoms with Gasteiger partial charge in [0.2, 0.25) is 0 Å². The fourth-order valence-corrected chi connectivity index (χ4v) is 1.55. The van der Waals surface area contributed by atoms with E-state index in [-0.39, 0.29) is 13.1 Å². The first-order valence-corrected chi connectivity index (χ1v) is 5.56. The van der Waals surface area contributed by atoms with Crippen molar-refractivity contribution in [2.45, 2.75) is 12.7 Å². The largest absolute Gasteiger partial charge is 0.435 e. The number of benzene rings is 1. The number of hydrogen-bond acceptors (Lipinski definition) is 2. The number of alkyl halides is 3. The van der Waals surface area contributed by atoms with Gasteiger partial charge in [-0.15, -0.1) is 0 Å². The Morgan fingerprint density at radius 3 is 2.53 bits per heavy atom. The zero-order chi connectivity index (χ0) is 13.9. The van der Waals surface area contributed by atoms with Gasteiger partial charge in [-0.3, -0.25) is 4.68 Å². The number of aromatic nitrogens is 2. The van der Waals surface area contributed by atoms with Crippen molar-refractivity contribution in [1.82, 2.24) is 9.78 Å². The average Bonchev–Trinajstić information content (AvgIpc) is 2.80. The highest BCUT2D eigenvalue weighted by atomic mass is 19.4. The van der Waals surface area contributed by atoms with E-state index < -0.39 is 17.7 Å². The second-order valence-electron chi connectivity index (χ2n) is 3.87. The van der Waals surface area contributed by atoms with Gasteiger partial charge in [0, 0.05) is 12.7 Å². The lowest BCUT2D eigenvalue weighted by Gasteiger charge is -2.07. The topological polar surface area (TPSA) is 29.9 Å². The fourth-order valence-electron chi connectivity index (χ4n) is 1.55. The van der Waals surface area contributed by atoms with Crippen LogP contribution in [-0.2, 0) is 12.7 Å². The molecular formula is C12H11F4N3. The number of nitrogens with one attached hydrogen (secondary N) is 1. The normalized spacial score (nSPS) is 11.6. The molecule has 1 heterocycles. The average molecular weight is 273 g/mol. The quantitative estimate of drug-likeness (QED) is 0.867. The smallest absolute Gasteiger partial charge is 0.381 e. The molecule has 0 saturated heterocycles. The summed E-state index contributed by atoms with van der Waals surface area (Å²) in [6.45, 7) is 0.490. The van der Waals surface area contributed by atoms with Crippen LogP contribution in [0, 0.1) is 5.82 Å². The van der Waals surface area contributed by atoms with Crippen molar-refractivity contribution in [1.29, 1.82) is 0 Å². The van der Waals surface area contributed by atoms with E-state index in [4.69, 9.17) is 0 Å². The van der Waals surface area contributed by atoms with Crippen LogP contribution < -0.4 is 5.32 Å². The zero-order valence-electron chi connectivity index (χ0n) is 9.78. The minimum atomic E-state index is -4.44. The molecule has 1 aromatic heterocycles. The number of halogens is 4. The zero-order valence-corrected chi connectivity index (χ0v) is 9.78. The highest BCUT2D eigenvalue weighted by molar-refractivity contribution is 5.44. The highest BCUT2D eigenvalue weighted by Crippen LogP contribution is 2.27. The van der Waals surface area contributed by atoms with Gasteiger partial charge in [-0.25, -0.2) is 4.39 Å². The summed E-state index contributed by atoms with van der Waals surface area (Å²) in [5, 5.41) is 6.19. The van der Waals surface area contributed by atoms with E-state index in [1.807, 2.05) is 0 Å². The van der Waals surface area contributed by atoms with E-state index in [9.17, 15) is 17.6 Å². The second-order valence-corrected chi connectivity index (χ2v) is 3.87. The third-order valence-electron chi connectivity index (χ3n) is 2.46. The summed E-state index contributed by atoms with van der Waals surface area (Å²) in [7, 11) is 0. The van der Waals surface area contributed by atoms with Crippen LogP contribution in [0.3, 0.4) is 0 Å². The maximum atomic E-state index is 13.2. The molecule has 1 N–H and O–H groups in total. The molecule has 0 atom stereocenters. The standard InChI is InChI=1S/C12H11F4N3/c13-9-3-1-2-4-10(9)17-6-8-19-7-5-11(18-19)12(14,15)16/h1-5,7,17H,6,8H2. The van der Waals surface area contributed by atoms with Gasteiger partial charge in [-0.05, 0) is 18.2 Å². The Morgan fingerprint density at radius 2 is 1.89 bits per heavy atom. The van der Waals surface area contributed by atoms with Crippen molar-refractivity contribution in [3.63, 3.8) is 0 Å². The number of nitrogens with zero attached hydrogens (tertiary/aromatic N) is 2. The first-order valence-electron chi connectivity index (χ1n) is 5.56. The molecular weight excluding hydrogens is 262 g/mol. The van der Waals surface area contributed by atoms with Crippen LogP contribution in [0.5, 0.6) is 0 Å². The molecule has 0 fully saturated rings. The lowest BCUT2D eigenvalue weighted by Crippen LogP contribution is -2.13. The van der Waals surface area contributed by atoms with Crippen LogP contribution in [0.4, 0.5) is 23.2 Å². The van der Waals surface area contributed by atoms with Gasteiger partial charge < -0.3 is 5.32 Å². The number of rotatable bonds is 4. The maximum Gasteiger partial charge on any atom is 0.435 e. The monoisotopic (exact) mass is 273 g/mol. The van der Waals surface area contributed by atoms with Crippen molar-refractivity contribution in [2.24, 2.45) is 0 Å². The molecule has 102 valence electrons. The van der Waals surface area contributed by atoms with E-state index in [1.54, 1.807) is 18.2 Å². The van der Waals surface area contributed by atoms with Crippen molar-refractivity contribution in [2.75, 3.05) is 11.9 Å². The first kappa shape index (κ1) is 13.4. The summed E-state index contributed by atoms with van der Waals surface area (Å²) in [4.78, 5) is 0. The molecule has 7 heteroatoms. The Morgan fingerprint density at radius 1 is 1.16 bits per heavy atom. The lowest BCUT2D eigenvalue weighted by atomic mass is 10.3. The van der Waals surface area contributed by atoms with Crippen molar-refractivity contribution in [3.8, 4) is 0 Å². The van der Waals surface area contributed by atoms with Gasteiger partial charge in [0.05, 0.1) is 12.2 Å². The molecule has 0 aliphatic rings. The second kappa shape index (κ2) is 5.29. The lowest BCUT2D eigenvalue weighted by molar-refractivity contribution is -0.141. The Hall–Kier alpha value is -2.05. The molecule has 0 unspecified atom stereocenters. The van der Waals surface area contributed by atoms with Crippen LogP contribution in [0.1, 0.15) is 5.69 Å². The van der Waals surface area contributed by atoms with Gasteiger partial charge in [0.15, 0.2) is 5.69 Å². The van der Waals surface area contributed by atoms with Gasteiger partial charge in [0.1, 0.15) is 5.82 Å². The summed E-state index contributed by atoms with van der Waals surface area (Å²) >= 11 is 0. The Kier molecular flexibility index (Phi) is 3.73. The predicted molar refractivity (Wildman–Crippen MR) is 62.1 cm³/mol. The van der Waals surface area contributed by atoms with Gasteiger partial charge in [-0.2, -0.15) is 18.3 Å². The van der Waals surface area contributed by atoms with Gasteiger partial charge in [-0.1, -0.05) is 12.1 Å². The molecule has 0 aliphatic carbocycles. The number of anilines is 1.